The van der Waals surface area contributed by atoms with Gasteiger partial charge in [-0.1, -0.05) is 17.7 Å². The molecular formula is C12H14ClN5O2. The maximum Gasteiger partial charge on any atom is 0.183 e. The minimum absolute atomic E-state index is 0.0640. The van der Waals surface area contributed by atoms with Crippen molar-refractivity contribution in [2.75, 3.05) is 25.6 Å². The van der Waals surface area contributed by atoms with E-state index in [1.165, 1.54) is 0 Å². The molecule has 2 N–H and O–H groups in total. The molecule has 1 aromatic carbocycles. The van der Waals surface area contributed by atoms with Gasteiger partial charge in [0.25, 0.3) is 0 Å². The Balaban J connectivity index is 1.87. The quantitative estimate of drug-likeness (QED) is 0.850. The molecular weight excluding hydrogens is 282 g/mol. The Morgan fingerprint density at radius 3 is 3.10 bits per heavy atom. The Kier molecular flexibility index (Phi) is 3.81. The van der Waals surface area contributed by atoms with Crippen LogP contribution in [-0.2, 0) is 16.0 Å². The zero-order valence-electron chi connectivity index (χ0n) is 10.7. The van der Waals surface area contributed by atoms with Crippen LogP contribution in [0.2, 0.25) is 5.02 Å². The fraction of sp³-hybridized carbons (Fsp3) is 0.417. The lowest BCUT2D eigenvalue weighted by atomic mass is 10.2. The summed E-state index contributed by atoms with van der Waals surface area (Å²) in [6.45, 7) is 2.25. The van der Waals surface area contributed by atoms with E-state index in [1.54, 1.807) is 10.7 Å². The monoisotopic (exact) mass is 295 g/mol. The fourth-order valence-corrected chi connectivity index (χ4v) is 2.29. The highest BCUT2D eigenvalue weighted by molar-refractivity contribution is 6.35. The minimum Gasteiger partial charge on any atom is -0.398 e. The Morgan fingerprint density at radius 1 is 1.40 bits per heavy atom. The van der Waals surface area contributed by atoms with E-state index in [0.717, 1.165) is 0 Å². The molecule has 0 bridgehead atoms. The summed E-state index contributed by atoms with van der Waals surface area (Å²) in [5.41, 5.74) is 7.01. The zero-order chi connectivity index (χ0) is 13.9. The highest BCUT2D eigenvalue weighted by Crippen LogP contribution is 2.30. The molecule has 1 unspecified atom stereocenters. The van der Waals surface area contributed by atoms with Crippen LogP contribution >= 0.6 is 11.6 Å². The van der Waals surface area contributed by atoms with Crippen molar-refractivity contribution < 1.29 is 9.47 Å². The highest BCUT2D eigenvalue weighted by atomic mass is 35.5. The number of nitrogens with zero attached hydrogens (tertiary/aromatic N) is 4. The van der Waals surface area contributed by atoms with E-state index < -0.39 is 0 Å². The number of ether oxygens (including phenoxy) is 2. The first-order valence-corrected chi connectivity index (χ1v) is 6.63. The summed E-state index contributed by atoms with van der Waals surface area (Å²) in [5.74, 6) is 0.566. The van der Waals surface area contributed by atoms with E-state index in [0.29, 0.717) is 48.5 Å². The van der Waals surface area contributed by atoms with E-state index in [-0.39, 0.29) is 6.10 Å². The number of rotatable bonds is 3. The van der Waals surface area contributed by atoms with Gasteiger partial charge in [0.2, 0.25) is 0 Å². The van der Waals surface area contributed by atoms with Crippen LogP contribution in [0.5, 0.6) is 0 Å². The summed E-state index contributed by atoms with van der Waals surface area (Å²) in [5, 5.41) is 12.1. The molecule has 1 aliphatic heterocycles. The van der Waals surface area contributed by atoms with Crippen LogP contribution in [0.3, 0.4) is 0 Å². The molecule has 0 radical (unpaired) electrons. The van der Waals surface area contributed by atoms with Crippen LogP contribution < -0.4 is 5.73 Å². The first-order chi connectivity index (χ1) is 9.75. The highest BCUT2D eigenvalue weighted by Gasteiger charge is 2.20. The molecule has 8 heteroatoms. The number of nitrogens with two attached hydrogens (primary N) is 1. The normalized spacial score (nSPS) is 19.1. The number of nitrogen functional groups attached to an aromatic ring is 1. The summed E-state index contributed by atoms with van der Waals surface area (Å²) in [6, 6.07) is 5.38. The molecule has 1 fully saturated rings. The summed E-state index contributed by atoms with van der Waals surface area (Å²) >= 11 is 6.21. The molecule has 0 amide bonds. The van der Waals surface area contributed by atoms with Gasteiger partial charge in [0, 0.05) is 5.56 Å². The molecule has 1 saturated heterocycles. The van der Waals surface area contributed by atoms with Crippen molar-refractivity contribution in [2.45, 2.75) is 12.6 Å². The van der Waals surface area contributed by atoms with Crippen LogP contribution in [0.4, 0.5) is 5.69 Å². The Labute approximate surface area is 120 Å². The number of anilines is 1. The lowest BCUT2D eigenvalue weighted by Crippen LogP contribution is -2.32. The Morgan fingerprint density at radius 2 is 2.30 bits per heavy atom. The lowest BCUT2D eigenvalue weighted by Gasteiger charge is -2.22. The van der Waals surface area contributed by atoms with Gasteiger partial charge in [-0.05, 0) is 22.6 Å². The molecule has 0 aliphatic carbocycles. The van der Waals surface area contributed by atoms with E-state index in [2.05, 4.69) is 15.5 Å². The SMILES string of the molecule is Nc1cccc(-c2nnnn2CC2COCCO2)c1Cl. The average Bonchev–Trinajstić information content (AvgIpc) is 2.91. The van der Waals surface area contributed by atoms with Gasteiger partial charge in [-0.2, -0.15) is 0 Å². The molecule has 1 aromatic heterocycles. The lowest BCUT2D eigenvalue weighted by molar-refractivity contribution is -0.0946. The van der Waals surface area contributed by atoms with Gasteiger partial charge >= 0.3 is 0 Å². The minimum atomic E-state index is -0.0640. The predicted octanol–water partition coefficient (Wildman–Crippen LogP) is 0.991. The topological polar surface area (TPSA) is 88.1 Å². The van der Waals surface area contributed by atoms with E-state index >= 15 is 0 Å². The fourth-order valence-electron chi connectivity index (χ4n) is 2.08. The second-order valence-corrected chi connectivity index (χ2v) is 4.84. The second-order valence-electron chi connectivity index (χ2n) is 4.46. The summed E-state index contributed by atoms with van der Waals surface area (Å²) < 4.78 is 12.6. The van der Waals surface area contributed by atoms with Crippen molar-refractivity contribution in [3.63, 3.8) is 0 Å². The molecule has 20 heavy (non-hydrogen) atoms. The number of aromatic nitrogens is 4. The van der Waals surface area contributed by atoms with E-state index in [1.807, 2.05) is 12.1 Å². The first kappa shape index (κ1) is 13.3. The van der Waals surface area contributed by atoms with Gasteiger partial charge in [0.05, 0.1) is 37.1 Å². The van der Waals surface area contributed by atoms with Crippen LogP contribution in [0.1, 0.15) is 0 Å². The smallest absolute Gasteiger partial charge is 0.183 e. The summed E-state index contributed by atoms with van der Waals surface area (Å²) in [7, 11) is 0. The van der Waals surface area contributed by atoms with Crippen molar-refractivity contribution in [1.29, 1.82) is 0 Å². The second kappa shape index (κ2) is 5.74. The number of tetrazole rings is 1. The number of hydrogen-bond acceptors (Lipinski definition) is 6. The molecule has 0 spiro atoms. The summed E-state index contributed by atoms with van der Waals surface area (Å²) in [4.78, 5) is 0. The first-order valence-electron chi connectivity index (χ1n) is 6.25. The molecule has 7 nitrogen and oxygen atoms in total. The molecule has 2 aromatic rings. The average molecular weight is 296 g/mol. The van der Waals surface area contributed by atoms with Crippen molar-refractivity contribution >= 4 is 17.3 Å². The molecule has 3 rings (SSSR count). The third-order valence-electron chi connectivity index (χ3n) is 3.06. The third kappa shape index (κ3) is 2.60. The number of hydrogen-bond donors (Lipinski definition) is 1. The van der Waals surface area contributed by atoms with Crippen molar-refractivity contribution in [1.82, 2.24) is 20.2 Å². The number of benzene rings is 1. The molecule has 1 atom stereocenters. The third-order valence-corrected chi connectivity index (χ3v) is 3.48. The van der Waals surface area contributed by atoms with Crippen LogP contribution in [0.15, 0.2) is 18.2 Å². The standard InChI is InChI=1S/C12H14ClN5O2/c13-11-9(2-1-3-10(11)14)12-15-16-17-18(12)6-8-7-19-4-5-20-8/h1-3,8H,4-7,14H2. The Bertz CT molecular complexity index is 597. The van der Waals surface area contributed by atoms with E-state index in [4.69, 9.17) is 26.8 Å². The van der Waals surface area contributed by atoms with Crippen molar-refractivity contribution in [3.05, 3.63) is 23.2 Å². The van der Waals surface area contributed by atoms with Gasteiger partial charge in [0.15, 0.2) is 5.82 Å². The van der Waals surface area contributed by atoms with Crippen molar-refractivity contribution in [2.24, 2.45) is 0 Å². The van der Waals surface area contributed by atoms with Gasteiger partial charge in [0.1, 0.15) is 6.10 Å². The molecule has 106 valence electrons. The van der Waals surface area contributed by atoms with Gasteiger partial charge in [-0.15, -0.1) is 5.10 Å². The van der Waals surface area contributed by atoms with Crippen LogP contribution in [0, 0.1) is 0 Å². The predicted molar refractivity (Wildman–Crippen MR) is 73.2 cm³/mol. The largest absolute Gasteiger partial charge is 0.398 e. The molecule has 2 heterocycles. The maximum absolute atomic E-state index is 6.21. The Hall–Kier alpha value is -1.70. The van der Waals surface area contributed by atoms with E-state index in [9.17, 15) is 0 Å². The molecule has 1 aliphatic rings. The van der Waals surface area contributed by atoms with Gasteiger partial charge in [-0.25, -0.2) is 4.68 Å². The van der Waals surface area contributed by atoms with Gasteiger partial charge < -0.3 is 15.2 Å². The molecule has 0 saturated carbocycles. The summed E-state index contributed by atoms with van der Waals surface area (Å²) in [6.07, 6.45) is -0.0640. The van der Waals surface area contributed by atoms with Crippen LogP contribution in [0.25, 0.3) is 11.4 Å². The van der Waals surface area contributed by atoms with Crippen LogP contribution in [-0.4, -0.2) is 46.1 Å². The maximum atomic E-state index is 6.21. The zero-order valence-corrected chi connectivity index (χ0v) is 11.5. The van der Waals surface area contributed by atoms with Crippen molar-refractivity contribution in [3.8, 4) is 11.4 Å². The number of halogens is 1. The van der Waals surface area contributed by atoms with Gasteiger partial charge in [-0.3, -0.25) is 0 Å².